The Morgan fingerprint density at radius 2 is 2.04 bits per heavy atom. The summed E-state index contributed by atoms with van der Waals surface area (Å²) < 4.78 is 1.65. The molecule has 7 heteroatoms. The van der Waals surface area contributed by atoms with Crippen LogP contribution in [-0.2, 0) is 13.6 Å². The molecule has 3 heterocycles. The number of amides is 2. The molecule has 1 N–H and O–H groups in total. The fourth-order valence-electron chi connectivity index (χ4n) is 3.99. The van der Waals surface area contributed by atoms with Gasteiger partial charge in [-0.1, -0.05) is 6.42 Å². The number of nitrogens with zero attached hydrogens (tertiary/aromatic N) is 5. The van der Waals surface area contributed by atoms with E-state index in [2.05, 4.69) is 27.2 Å². The van der Waals surface area contributed by atoms with Crippen LogP contribution in [0.5, 0.6) is 0 Å². The lowest BCUT2D eigenvalue weighted by atomic mass is 9.92. The molecule has 2 aliphatic heterocycles. The van der Waals surface area contributed by atoms with Crippen LogP contribution in [0.15, 0.2) is 6.33 Å². The lowest BCUT2D eigenvalue weighted by Gasteiger charge is -2.36. The largest absolute Gasteiger partial charge is 0.331 e. The summed E-state index contributed by atoms with van der Waals surface area (Å²) in [5, 5.41) is 7.11. The molecule has 3 rings (SSSR count). The van der Waals surface area contributed by atoms with Crippen molar-refractivity contribution < 1.29 is 4.79 Å². The molecular weight excluding hydrogens is 316 g/mol. The van der Waals surface area contributed by atoms with E-state index in [9.17, 15) is 4.79 Å². The Labute approximate surface area is 150 Å². The van der Waals surface area contributed by atoms with E-state index in [0.29, 0.717) is 12.4 Å². The molecule has 2 amide bonds. The minimum absolute atomic E-state index is 0.00977. The monoisotopic (exact) mass is 348 g/mol. The number of carbonyl (C=O) groups is 1. The zero-order valence-corrected chi connectivity index (χ0v) is 15.7. The van der Waals surface area contributed by atoms with E-state index in [0.717, 1.165) is 37.9 Å². The summed E-state index contributed by atoms with van der Waals surface area (Å²) in [5.74, 6) is 1.41. The van der Waals surface area contributed by atoms with Crippen LogP contribution in [0.25, 0.3) is 0 Å². The maximum Gasteiger partial charge on any atom is 0.317 e. The van der Waals surface area contributed by atoms with E-state index in [4.69, 9.17) is 0 Å². The molecule has 1 aromatic rings. The van der Waals surface area contributed by atoms with E-state index in [-0.39, 0.29) is 6.03 Å². The van der Waals surface area contributed by atoms with Crippen LogP contribution in [-0.4, -0.2) is 62.8 Å². The van der Waals surface area contributed by atoms with Crippen LogP contribution in [0.3, 0.4) is 0 Å². The Morgan fingerprint density at radius 3 is 2.72 bits per heavy atom. The topological polar surface area (TPSA) is 66.3 Å². The number of urea groups is 1. The summed E-state index contributed by atoms with van der Waals surface area (Å²) in [7, 11) is 1.83. The van der Waals surface area contributed by atoms with Gasteiger partial charge in [0.05, 0.1) is 6.54 Å². The van der Waals surface area contributed by atoms with Gasteiger partial charge in [0.2, 0.25) is 0 Å². The van der Waals surface area contributed by atoms with E-state index in [1.165, 1.54) is 38.8 Å². The Bertz CT molecular complexity index is 552. The number of carbonyl (C=O) groups excluding carboxylic acids is 1. The molecule has 0 radical (unpaired) electrons. The molecule has 0 spiro atoms. The highest BCUT2D eigenvalue weighted by atomic mass is 16.2. The smallest absolute Gasteiger partial charge is 0.317 e. The molecule has 1 aromatic heterocycles. The molecule has 25 heavy (non-hydrogen) atoms. The standard InChI is InChI=1S/C18H32N6O/c1-15-5-3-4-9-23(15)10-6-16-7-11-24(12-8-16)18(25)19-13-17-20-14-22(2)21-17/h14-16H,3-13H2,1-2H3,(H,19,25)/t15-/m0/s1. The van der Waals surface area contributed by atoms with Gasteiger partial charge in [0.15, 0.2) is 5.82 Å². The van der Waals surface area contributed by atoms with Gasteiger partial charge in [-0.3, -0.25) is 4.68 Å². The number of aromatic nitrogens is 3. The molecule has 2 fully saturated rings. The van der Waals surface area contributed by atoms with E-state index in [1.54, 1.807) is 11.0 Å². The Kier molecular flexibility index (Phi) is 6.29. The second kappa shape index (κ2) is 8.65. The molecule has 0 bridgehead atoms. The summed E-state index contributed by atoms with van der Waals surface area (Å²) in [5.41, 5.74) is 0. The molecule has 1 atom stereocenters. The Morgan fingerprint density at radius 1 is 1.24 bits per heavy atom. The summed E-state index contributed by atoms with van der Waals surface area (Å²) in [6.07, 6.45) is 9.26. The van der Waals surface area contributed by atoms with Gasteiger partial charge in [0.25, 0.3) is 0 Å². The zero-order valence-electron chi connectivity index (χ0n) is 15.7. The molecule has 2 aliphatic rings. The molecule has 140 valence electrons. The number of hydrogen-bond donors (Lipinski definition) is 1. The van der Waals surface area contributed by atoms with Crippen LogP contribution >= 0.6 is 0 Å². The number of likely N-dealkylation sites (tertiary alicyclic amines) is 2. The first-order chi connectivity index (χ1) is 12.1. The zero-order chi connectivity index (χ0) is 17.6. The molecule has 2 saturated heterocycles. The normalized spacial score (nSPS) is 23.0. The van der Waals surface area contributed by atoms with E-state index in [1.807, 2.05) is 11.9 Å². The third kappa shape index (κ3) is 5.17. The van der Waals surface area contributed by atoms with Crippen molar-refractivity contribution in [1.29, 1.82) is 0 Å². The maximum absolute atomic E-state index is 12.3. The first kappa shape index (κ1) is 18.2. The van der Waals surface area contributed by atoms with Crippen molar-refractivity contribution in [3.8, 4) is 0 Å². The van der Waals surface area contributed by atoms with Gasteiger partial charge in [-0.05, 0) is 58.0 Å². The lowest BCUT2D eigenvalue weighted by molar-refractivity contribution is 0.132. The molecular formula is C18H32N6O. The summed E-state index contributed by atoms with van der Waals surface area (Å²) in [4.78, 5) is 21.0. The second-order valence-electron chi connectivity index (χ2n) is 7.59. The summed E-state index contributed by atoms with van der Waals surface area (Å²) in [6, 6.07) is 0.760. The van der Waals surface area contributed by atoms with Gasteiger partial charge in [0.1, 0.15) is 6.33 Å². The van der Waals surface area contributed by atoms with Crippen LogP contribution in [0.2, 0.25) is 0 Å². The third-order valence-electron chi connectivity index (χ3n) is 5.71. The van der Waals surface area contributed by atoms with Crippen molar-refractivity contribution in [2.45, 2.75) is 58.0 Å². The first-order valence-electron chi connectivity index (χ1n) is 9.73. The molecule has 7 nitrogen and oxygen atoms in total. The van der Waals surface area contributed by atoms with Crippen molar-refractivity contribution in [2.75, 3.05) is 26.2 Å². The number of nitrogens with one attached hydrogen (secondary N) is 1. The van der Waals surface area contributed by atoms with Gasteiger partial charge < -0.3 is 15.1 Å². The summed E-state index contributed by atoms with van der Waals surface area (Å²) >= 11 is 0. The number of aryl methyl sites for hydroxylation is 1. The predicted octanol–water partition coefficient (Wildman–Crippen LogP) is 2.00. The van der Waals surface area contributed by atoms with Crippen LogP contribution in [0.4, 0.5) is 4.79 Å². The molecule has 0 unspecified atom stereocenters. The second-order valence-corrected chi connectivity index (χ2v) is 7.59. The highest BCUT2D eigenvalue weighted by Crippen LogP contribution is 2.23. The van der Waals surface area contributed by atoms with Gasteiger partial charge in [0, 0.05) is 26.2 Å². The van der Waals surface area contributed by atoms with Gasteiger partial charge >= 0.3 is 6.03 Å². The third-order valence-corrected chi connectivity index (χ3v) is 5.71. The highest BCUT2D eigenvalue weighted by Gasteiger charge is 2.24. The average Bonchev–Trinajstić information content (AvgIpc) is 3.05. The molecule has 0 saturated carbocycles. The first-order valence-corrected chi connectivity index (χ1v) is 9.73. The number of hydrogen-bond acceptors (Lipinski definition) is 4. The number of piperidine rings is 2. The SMILES string of the molecule is C[C@H]1CCCCN1CCC1CCN(C(=O)NCc2ncn(C)n2)CC1. The quantitative estimate of drug-likeness (QED) is 0.884. The predicted molar refractivity (Wildman–Crippen MR) is 97.0 cm³/mol. The molecule has 0 aromatic carbocycles. The lowest BCUT2D eigenvalue weighted by Crippen LogP contribution is -2.45. The fraction of sp³-hybridized carbons (Fsp3) is 0.833. The van der Waals surface area contributed by atoms with Crippen molar-refractivity contribution in [3.63, 3.8) is 0 Å². The average molecular weight is 348 g/mol. The van der Waals surface area contributed by atoms with Gasteiger partial charge in [-0.15, -0.1) is 0 Å². The Hall–Kier alpha value is -1.63. The fourth-order valence-corrected chi connectivity index (χ4v) is 3.99. The highest BCUT2D eigenvalue weighted by molar-refractivity contribution is 5.74. The Balaban J connectivity index is 1.34. The van der Waals surface area contributed by atoms with Crippen molar-refractivity contribution in [1.82, 2.24) is 29.9 Å². The van der Waals surface area contributed by atoms with Crippen molar-refractivity contribution in [2.24, 2.45) is 13.0 Å². The van der Waals surface area contributed by atoms with Crippen LogP contribution in [0.1, 0.15) is 51.3 Å². The van der Waals surface area contributed by atoms with Crippen LogP contribution < -0.4 is 5.32 Å². The van der Waals surface area contributed by atoms with Gasteiger partial charge in [-0.2, -0.15) is 5.10 Å². The maximum atomic E-state index is 12.3. The van der Waals surface area contributed by atoms with Crippen molar-refractivity contribution in [3.05, 3.63) is 12.2 Å². The number of rotatable bonds is 5. The van der Waals surface area contributed by atoms with Gasteiger partial charge in [-0.25, -0.2) is 9.78 Å². The minimum Gasteiger partial charge on any atom is -0.331 e. The summed E-state index contributed by atoms with van der Waals surface area (Å²) in [6.45, 7) is 6.98. The van der Waals surface area contributed by atoms with E-state index < -0.39 is 0 Å². The molecule has 0 aliphatic carbocycles. The van der Waals surface area contributed by atoms with Crippen molar-refractivity contribution >= 4 is 6.03 Å². The van der Waals surface area contributed by atoms with Crippen LogP contribution in [0, 0.1) is 5.92 Å². The minimum atomic E-state index is 0.00977. The van der Waals surface area contributed by atoms with E-state index >= 15 is 0 Å².